The van der Waals surface area contributed by atoms with E-state index < -0.39 is 4.87 Å². The molecule has 0 aromatic carbocycles. The van der Waals surface area contributed by atoms with Gasteiger partial charge in [0.1, 0.15) is 4.87 Å². The average molecular weight is 252 g/mol. The van der Waals surface area contributed by atoms with Gasteiger partial charge in [-0.05, 0) is 39.0 Å². The summed E-state index contributed by atoms with van der Waals surface area (Å²) in [5, 5.41) is 9.34. The second kappa shape index (κ2) is 5.27. The highest BCUT2D eigenvalue weighted by Gasteiger charge is 2.48. The zero-order valence-electron chi connectivity index (χ0n) is 11.1. The molecule has 0 aliphatic heterocycles. The van der Waals surface area contributed by atoms with Crippen LogP contribution in [0.2, 0.25) is 0 Å². The molecule has 0 bridgehead atoms. The number of hydrogen-bond acceptors (Lipinski definition) is 1. The SMILES string of the molecule is C=CCCCC1=C(C)CCC(Cl)(C#N)C1(C)C. The Morgan fingerprint density at radius 1 is 1.53 bits per heavy atom. The summed E-state index contributed by atoms with van der Waals surface area (Å²) in [5.74, 6) is 0. The van der Waals surface area contributed by atoms with Crippen LogP contribution in [-0.4, -0.2) is 4.87 Å². The molecule has 0 aromatic heterocycles. The van der Waals surface area contributed by atoms with E-state index in [2.05, 4.69) is 33.4 Å². The first-order valence-electron chi connectivity index (χ1n) is 6.29. The fourth-order valence-corrected chi connectivity index (χ4v) is 2.95. The Bertz CT molecular complexity index is 373. The monoisotopic (exact) mass is 251 g/mol. The largest absolute Gasteiger partial charge is 0.196 e. The quantitative estimate of drug-likeness (QED) is 0.393. The number of unbranched alkanes of at least 4 members (excludes halogenated alkanes) is 1. The Morgan fingerprint density at radius 2 is 2.18 bits per heavy atom. The molecule has 2 heteroatoms. The van der Waals surface area contributed by atoms with Crippen LogP contribution in [0.25, 0.3) is 0 Å². The number of hydrogen-bond donors (Lipinski definition) is 0. The Morgan fingerprint density at radius 3 is 2.71 bits per heavy atom. The third-order valence-electron chi connectivity index (χ3n) is 4.12. The van der Waals surface area contributed by atoms with Crippen molar-refractivity contribution >= 4 is 11.6 Å². The van der Waals surface area contributed by atoms with Crippen LogP contribution in [-0.2, 0) is 0 Å². The fraction of sp³-hybridized carbons (Fsp3) is 0.667. The predicted octanol–water partition coefficient (Wildman–Crippen LogP) is 4.98. The molecule has 0 heterocycles. The van der Waals surface area contributed by atoms with Gasteiger partial charge in [0.05, 0.1) is 6.07 Å². The van der Waals surface area contributed by atoms with Crippen molar-refractivity contribution in [3.05, 3.63) is 23.8 Å². The summed E-state index contributed by atoms with van der Waals surface area (Å²) in [7, 11) is 0. The second-order valence-electron chi connectivity index (χ2n) is 5.48. The molecule has 17 heavy (non-hydrogen) atoms. The molecule has 0 fully saturated rings. The molecular weight excluding hydrogens is 230 g/mol. The number of nitrogens with zero attached hydrogens (tertiary/aromatic N) is 1. The van der Waals surface area contributed by atoms with Gasteiger partial charge in [0.25, 0.3) is 0 Å². The normalized spacial score (nSPS) is 27.7. The third-order valence-corrected chi connectivity index (χ3v) is 4.86. The minimum atomic E-state index is -0.740. The maximum absolute atomic E-state index is 9.34. The van der Waals surface area contributed by atoms with Gasteiger partial charge >= 0.3 is 0 Å². The molecule has 1 rings (SSSR count). The maximum Gasteiger partial charge on any atom is 0.140 e. The first-order chi connectivity index (χ1) is 7.89. The Balaban J connectivity index is 2.99. The summed E-state index contributed by atoms with van der Waals surface area (Å²) in [5.41, 5.74) is 2.57. The Kier molecular flexibility index (Phi) is 4.44. The summed E-state index contributed by atoms with van der Waals surface area (Å²) in [4.78, 5) is -0.740. The van der Waals surface area contributed by atoms with Crippen LogP contribution < -0.4 is 0 Å². The van der Waals surface area contributed by atoms with E-state index in [1.807, 2.05) is 6.08 Å². The highest BCUT2D eigenvalue weighted by Crippen LogP contribution is 2.52. The Labute approximate surface area is 110 Å². The molecule has 0 spiro atoms. The smallest absolute Gasteiger partial charge is 0.140 e. The van der Waals surface area contributed by atoms with Crippen LogP contribution >= 0.6 is 11.6 Å². The molecular formula is C15H22ClN. The summed E-state index contributed by atoms with van der Waals surface area (Å²) < 4.78 is 0. The summed E-state index contributed by atoms with van der Waals surface area (Å²) in [6.45, 7) is 10.1. The lowest BCUT2D eigenvalue weighted by Gasteiger charge is -2.44. The molecule has 0 aromatic rings. The van der Waals surface area contributed by atoms with Gasteiger partial charge in [0, 0.05) is 5.41 Å². The van der Waals surface area contributed by atoms with Gasteiger partial charge in [0.2, 0.25) is 0 Å². The third kappa shape index (κ3) is 2.58. The summed E-state index contributed by atoms with van der Waals surface area (Å²) in [6.07, 6.45) is 6.80. The van der Waals surface area contributed by atoms with E-state index >= 15 is 0 Å². The van der Waals surface area contributed by atoms with Crippen molar-refractivity contribution in [3.63, 3.8) is 0 Å². The first-order valence-corrected chi connectivity index (χ1v) is 6.67. The van der Waals surface area contributed by atoms with Crippen LogP contribution in [0.3, 0.4) is 0 Å². The van der Waals surface area contributed by atoms with Gasteiger partial charge in [-0.25, -0.2) is 0 Å². The van der Waals surface area contributed by atoms with E-state index in [4.69, 9.17) is 11.6 Å². The number of alkyl halides is 1. The molecule has 0 radical (unpaired) electrons. The van der Waals surface area contributed by atoms with E-state index in [1.165, 1.54) is 11.1 Å². The van der Waals surface area contributed by atoms with Crippen LogP contribution in [0.4, 0.5) is 0 Å². The van der Waals surface area contributed by atoms with Crippen molar-refractivity contribution in [3.8, 4) is 6.07 Å². The van der Waals surface area contributed by atoms with Crippen LogP contribution in [0.1, 0.15) is 52.9 Å². The number of allylic oxidation sites excluding steroid dienone is 3. The fourth-order valence-electron chi connectivity index (χ4n) is 2.74. The highest BCUT2D eigenvalue weighted by atomic mass is 35.5. The van der Waals surface area contributed by atoms with E-state index in [1.54, 1.807) is 0 Å². The molecule has 1 aliphatic rings. The zero-order chi connectivity index (χ0) is 13.1. The standard InChI is InChI=1S/C15H22ClN/c1-5-6-7-8-13-12(2)9-10-15(16,11-17)14(13,3)4/h5H,1,6-10H2,2-4H3. The van der Waals surface area contributed by atoms with Crippen molar-refractivity contribution in [1.29, 1.82) is 5.26 Å². The van der Waals surface area contributed by atoms with Crippen LogP contribution in [0, 0.1) is 16.7 Å². The van der Waals surface area contributed by atoms with Crippen molar-refractivity contribution in [1.82, 2.24) is 0 Å². The predicted molar refractivity (Wildman–Crippen MR) is 74.0 cm³/mol. The minimum Gasteiger partial charge on any atom is -0.196 e. The van der Waals surface area contributed by atoms with Gasteiger partial charge in [-0.3, -0.25) is 0 Å². The summed E-state index contributed by atoms with van der Waals surface area (Å²) in [6, 6.07) is 2.32. The average Bonchev–Trinajstić information content (AvgIpc) is 2.29. The lowest BCUT2D eigenvalue weighted by molar-refractivity contribution is 0.303. The number of rotatable bonds is 4. The van der Waals surface area contributed by atoms with E-state index in [0.29, 0.717) is 0 Å². The van der Waals surface area contributed by atoms with Gasteiger partial charge in [0.15, 0.2) is 0 Å². The minimum absolute atomic E-state index is 0.229. The number of nitriles is 1. The topological polar surface area (TPSA) is 23.8 Å². The van der Waals surface area contributed by atoms with Crippen LogP contribution in [0.5, 0.6) is 0 Å². The Hall–Kier alpha value is -0.740. The molecule has 0 saturated heterocycles. The van der Waals surface area contributed by atoms with Crippen molar-refractivity contribution < 1.29 is 0 Å². The first kappa shape index (κ1) is 14.3. The zero-order valence-corrected chi connectivity index (χ0v) is 11.9. The maximum atomic E-state index is 9.34. The van der Waals surface area contributed by atoms with E-state index in [0.717, 1.165) is 32.1 Å². The van der Waals surface area contributed by atoms with Gasteiger partial charge in [-0.2, -0.15) is 5.26 Å². The molecule has 1 atom stereocenters. The lowest BCUT2D eigenvalue weighted by Crippen LogP contribution is -2.43. The second-order valence-corrected chi connectivity index (χ2v) is 6.12. The van der Waals surface area contributed by atoms with Crippen molar-refractivity contribution in [2.75, 3.05) is 0 Å². The lowest BCUT2D eigenvalue weighted by atomic mass is 9.64. The van der Waals surface area contributed by atoms with Gasteiger partial charge in [-0.15, -0.1) is 18.2 Å². The van der Waals surface area contributed by atoms with E-state index in [9.17, 15) is 5.26 Å². The van der Waals surface area contributed by atoms with Crippen molar-refractivity contribution in [2.24, 2.45) is 5.41 Å². The van der Waals surface area contributed by atoms with Gasteiger partial charge in [-0.1, -0.05) is 31.1 Å². The number of halogens is 1. The molecule has 1 aliphatic carbocycles. The summed E-state index contributed by atoms with van der Waals surface area (Å²) >= 11 is 6.51. The highest BCUT2D eigenvalue weighted by molar-refractivity contribution is 6.26. The molecule has 0 N–H and O–H groups in total. The molecule has 0 amide bonds. The molecule has 1 nitrogen and oxygen atoms in total. The van der Waals surface area contributed by atoms with E-state index in [-0.39, 0.29) is 5.41 Å². The van der Waals surface area contributed by atoms with Crippen LogP contribution in [0.15, 0.2) is 23.8 Å². The molecule has 1 unspecified atom stereocenters. The molecule has 0 saturated carbocycles. The van der Waals surface area contributed by atoms with Crippen molar-refractivity contribution in [2.45, 2.75) is 57.7 Å². The van der Waals surface area contributed by atoms with Gasteiger partial charge < -0.3 is 0 Å². The molecule has 94 valence electrons.